The number of hydrogen-bond acceptors (Lipinski definition) is 10. The molecule has 0 saturated carbocycles. The Labute approximate surface area is 271 Å². The van der Waals surface area contributed by atoms with Gasteiger partial charge in [0.2, 0.25) is 0 Å². The van der Waals surface area contributed by atoms with E-state index >= 15 is 4.39 Å². The molecule has 0 amide bonds. The number of nitrogens with two attached hydrogens (primary N) is 1. The Balaban J connectivity index is 1.39. The second kappa shape index (κ2) is 12.0. The highest BCUT2D eigenvalue weighted by Gasteiger charge is 2.49. The van der Waals surface area contributed by atoms with Crippen molar-refractivity contribution in [3.8, 4) is 29.3 Å². The molecule has 3 aliphatic heterocycles. The largest absolute Gasteiger partial charge is 0.461 e. The van der Waals surface area contributed by atoms with Gasteiger partial charge >= 0.3 is 6.01 Å². The first-order valence-electron chi connectivity index (χ1n) is 15.0. The topological polar surface area (TPSA) is 124 Å². The van der Waals surface area contributed by atoms with Crippen LogP contribution in [-0.2, 0) is 4.74 Å². The van der Waals surface area contributed by atoms with Gasteiger partial charge in [0, 0.05) is 54.7 Å². The number of nitrogen functional groups attached to an aromatic ring is 1. The molecule has 0 aliphatic carbocycles. The number of rotatable bonds is 6. The number of halogens is 4. The SMILES string of the molecule is N#CCC1COCCN(c2nc(OC[C@@]34CCCN3C[C@H](F)C4)nc3c(F)c(-c4ccc(F)c5sc(N)c(C#N)c45)c(Cl)cc23)C1. The van der Waals surface area contributed by atoms with Crippen LogP contribution in [0.3, 0.4) is 0 Å². The van der Waals surface area contributed by atoms with Gasteiger partial charge < -0.3 is 20.1 Å². The summed E-state index contributed by atoms with van der Waals surface area (Å²) in [5.41, 5.74) is 5.64. The van der Waals surface area contributed by atoms with Gasteiger partial charge in [-0.05, 0) is 37.1 Å². The van der Waals surface area contributed by atoms with Crippen molar-refractivity contribution in [1.82, 2.24) is 14.9 Å². The summed E-state index contributed by atoms with van der Waals surface area (Å²) in [6.45, 7) is 2.85. The van der Waals surface area contributed by atoms with Gasteiger partial charge in [-0.3, -0.25) is 4.90 Å². The Morgan fingerprint density at radius 1 is 1.22 bits per heavy atom. The molecule has 46 heavy (non-hydrogen) atoms. The highest BCUT2D eigenvalue weighted by Crippen LogP contribution is 2.46. The van der Waals surface area contributed by atoms with Gasteiger partial charge in [-0.25, -0.2) is 13.2 Å². The Kier molecular flexibility index (Phi) is 8.06. The van der Waals surface area contributed by atoms with Crippen LogP contribution in [0.15, 0.2) is 18.2 Å². The molecule has 2 N–H and O–H groups in total. The summed E-state index contributed by atoms with van der Waals surface area (Å²) in [6, 6.07) is 8.25. The van der Waals surface area contributed by atoms with Crippen LogP contribution in [-0.4, -0.2) is 72.6 Å². The molecule has 0 radical (unpaired) electrons. The fourth-order valence-electron chi connectivity index (χ4n) is 7.19. The summed E-state index contributed by atoms with van der Waals surface area (Å²) in [5, 5.41) is 19.8. The number of anilines is 2. The first kappa shape index (κ1) is 30.8. The number of thiophene rings is 1. The molecule has 14 heteroatoms. The smallest absolute Gasteiger partial charge is 0.319 e. The summed E-state index contributed by atoms with van der Waals surface area (Å²) in [7, 11) is 0. The number of benzene rings is 2. The molecule has 4 aromatic rings. The molecule has 238 valence electrons. The van der Waals surface area contributed by atoms with Crippen LogP contribution in [0.5, 0.6) is 6.01 Å². The van der Waals surface area contributed by atoms with E-state index in [1.54, 1.807) is 6.07 Å². The molecule has 9 nitrogen and oxygen atoms in total. The minimum atomic E-state index is -0.953. The molecule has 0 bridgehead atoms. The normalized spacial score (nSPS) is 23.4. The standard InChI is InChI=1S/C32H29ClF3N7O2S/c33-22-10-20-27(26(36)25(22)19-2-3-23(35)28-24(19)21(12-38)29(39)46-28)40-31(45-16-32-5-1-7-43(32)14-18(34)11-32)41-30(20)42-8-9-44-15-17(13-42)4-6-37/h2-3,10,17-18H,1,4-5,7-9,11,13-16,39H2/t17?,18-,32+/m1/s1. The zero-order valence-electron chi connectivity index (χ0n) is 24.7. The van der Waals surface area contributed by atoms with Crippen molar-refractivity contribution in [2.45, 2.75) is 37.4 Å². The molecule has 7 rings (SSSR count). The maximum absolute atomic E-state index is 16.9. The van der Waals surface area contributed by atoms with Gasteiger partial charge in [-0.1, -0.05) is 17.7 Å². The van der Waals surface area contributed by atoms with Crippen molar-refractivity contribution >= 4 is 54.7 Å². The average Bonchev–Trinajstić information content (AvgIpc) is 3.60. The Bertz CT molecular complexity index is 1950. The van der Waals surface area contributed by atoms with Crippen LogP contribution in [0.1, 0.15) is 31.2 Å². The Morgan fingerprint density at radius 2 is 2.07 bits per heavy atom. The summed E-state index contributed by atoms with van der Waals surface area (Å²) in [5.74, 6) is -1.15. The number of aromatic nitrogens is 2. The average molecular weight is 668 g/mol. The maximum Gasteiger partial charge on any atom is 0.319 e. The van der Waals surface area contributed by atoms with Crippen LogP contribution in [0, 0.1) is 40.2 Å². The number of hydrogen-bond donors (Lipinski definition) is 1. The molecule has 2 aromatic heterocycles. The van der Waals surface area contributed by atoms with Crippen LogP contribution < -0.4 is 15.4 Å². The lowest BCUT2D eigenvalue weighted by Crippen LogP contribution is -2.43. The number of ether oxygens (including phenoxy) is 2. The molecular formula is C32H29ClF3N7O2S. The summed E-state index contributed by atoms with van der Waals surface area (Å²) in [4.78, 5) is 13.3. The van der Waals surface area contributed by atoms with Crippen molar-refractivity contribution < 1.29 is 22.6 Å². The second-order valence-electron chi connectivity index (χ2n) is 12.1. The molecule has 3 fully saturated rings. The van der Waals surface area contributed by atoms with Crippen molar-refractivity contribution in [3.05, 3.63) is 40.4 Å². The second-order valence-corrected chi connectivity index (χ2v) is 13.6. The van der Waals surface area contributed by atoms with E-state index in [4.69, 9.17) is 31.8 Å². The first-order valence-corrected chi connectivity index (χ1v) is 16.2. The quantitative estimate of drug-likeness (QED) is 0.255. The summed E-state index contributed by atoms with van der Waals surface area (Å²) in [6.07, 6.45) is 1.34. The highest BCUT2D eigenvalue weighted by atomic mass is 35.5. The molecule has 3 aliphatic rings. The molecule has 5 heterocycles. The van der Waals surface area contributed by atoms with E-state index < -0.39 is 23.3 Å². The van der Waals surface area contributed by atoms with Gasteiger partial charge in [0.05, 0.1) is 40.1 Å². The van der Waals surface area contributed by atoms with E-state index in [1.165, 1.54) is 12.1 Å². The third-order valence-corrected chi connectivity index (χ3v) is 10.6. The lowest BCUT2D eigenvalue weighted by atomic mass is 9.95. The van der Waals surface area contributed by atoms with E-state index in [0.717, 1.165) is 30.7 Å². The van der Waals surface area contributed by atoms with Gasteiger partial charge in [0.15, 0.2) is 5.82 Å². The monoisotopic (exact) mass is 667 g/mol. The van der Waals surface area contributed by atoms with Crippen molar-refractivity contribution in [2.75, 3.05) is 56.6 Å². The van der Waals surface area contributed by atoms with Gasteiger partial charge in [0.25, 0.3) is 0 Å². The van der Waals surface area contributed by atoms with E-state index in [1.807, 2.05) is 11.0 Å². The highest BCUT2D eigenvalue weighted by molar-refractivity contribution is 7.23. The predicted molar refractivity (Wildman–Crippen MR) is 170 cm³/mol. The fourth-order valence-corrected chi connectivity index (χ4v) is 8.44. The third-order valence-electron chi connectivity index (χ3n) is 9.29. The molecule has 3 saturated heterocycles. The van der Waals surface area contributed by atoms with Crippen molar-refractivity contribution in [3.63, 3.8) is 0 Å². The molecule has 2 aromatic carbocycles. The van der Waals surface area contributed by atoms with Crippen LogP contribution in [0.25, 0.3) is 32.1 Å². The predicted octanol–water partition coefficient (Wildman–Crippen LogP) is 6.22. The summed E-state index contributed by atoms with van der Waals surface area (Å²) >= 11 is 7.72. The van der Waals surface area contributed by atoms with E-state index in [-0.39, 0.29) is 67.3 Å². The minimum absolute atomic E-state index is 0.00478. The van der Waals surface area contributed by atoms with Crippen LogP contribution in [0.4, 0.5) is 24.0 Å². The van der Waals surface area contributed by atoms with Crippen LogP contribution >= 0.6 is 22.9 Å². The van der Waals surface area contributed by atoms with Crippen molar-refractivity contribution in [1.29, 1.82) is 10.5 Å². The minimum Gasteiger partial charge on any atom is -0.461 e. The fraction of sp³-hybridized carbons (Fsp3) is 0.438. The zero-order chi connectivity index (χ0) is 32.2. The zero-order valence-corrected chi connectivity index (χ0v) is 26.2. The molecule has 0 spiro atoms. The lowest BCUT2D eigenvalue weighted by Gasteiger charge is -2.31. The van der Waals surface area contributed by atoms with E-state index in [2.05, 4.69) is 16.0 Å². The molecule has 3 atom stereocenters. The van der Waals surface area contributed by atoms with E-state index in [9.17, 15) is 19.3 Å². The Morgan fingerprint density at radius 3 is 2.87 bits per heavy atom. The number of alkyl halides is 1. The molecular weight excluding hydrogens is 639 g/mol. The number of nitrogens with zero attached hydrogens (tertiary/aromatic N) is 6. The van der Waals surface area contributed by atoms with Crippen molar-refractivity contribution in [2.24, 2.45) is 5.92 Å². The van der Waals surface area contributed by atoms with Crippen LogP contribution in [0.2, 0.25) is 5.02 Å². The Hall–Kier alpha value is -3.88. The third kappa shape index (κ3) is 5.16. The maximum atomic E-state index is 16.9. The lowest BCUT2D eigenvalue weighted by molar-refractivity contribution is 0.107. The number of fused-ring (bicyclic) bond motifs is 3. The van der Waals surface area contributed by atoms with Gasteiger partial charge in [-0.2, -0.15) is 20.5 Å². The van der Waals surface area contributed by atoms with Gasteiger partial charge in [0.1, 0.15) is 41.0 Å². The summed E-state index contributed by atoms with van der Waals surface area (Å²) < 4.78 is 58.3. The number of nitriles is 2. The van der Waals surface area contributed by atoms with E-state index in [0.29, 0.717) is 50.5 Å². The van der Waals surface area contributed by atoms with Gasteiger partial charge in [-0.15, -0.1) is 11.3 Å². The first-order chi connectivity index (χ1) is 22.2. The molecule has 1 unspecified atom stereocenters.